The van der Waals surface area contributed by atoms with Gasteiger partial charge < -0.3 is 19.7 Å². The molecule has 6 nitrogen and oxygen atoms in total. The Morgan fingerprint density at radius 3 is 2.30 bits per heavy atom. The third kappa shape index (κ3) is 7.87. The van der Waals surface area contributed by atoms with Crippen molar-refractivity contribution in [2.24, 2.45) is 0 Å². The Labute approximate surface area is 238 Å². The van der Waals surface area contributed by atoms with E-state index in [9.17, 15) is 9.59 Å². The van der Waals surface area contributed by atoms with Gasteiger partial charge in [-0.05, 0) is 53.1 Å². The van der Waals surface area contributed by atoms with E-state index in [0.717, 1.165) is 42.4 Å². The molecule has 0 heterocycles. The molecule has 1 atom stereocenters. The Kier molecular flexibility index (Phi) is 9.86. The maximum absolute atomic E-state index is 14.0. The third-order valence-electron chi connectivity index (χ3n) is 7.51. The summed E-state index contributed by atoms with van der Waals surface area (Å²) in [4.78, 5) is 29.5. The van der Waals surface area contributed by atoms with Crippen LogP contribution < -0.4 is 14.8 Å². The van der Waals surface area contributed by atoms with Crippen LogP contribution in [0.1, 0.15) is 63.1 Å². The molecular formula is C34H42N2O4. The molecule has 1 aliphatic carbocycles. The summed E-state index contributed by atoms with van der Waals surface area (Å²) in [5, 5.41) is 3.25. The lowest BCUT2D eigenvalue weighted by Crippen LogP contribution is -2.53. The molecule has 0 aliphatic heterocycles. The molecule has 0 aromatic heterocycles. The van der Waals surface area contributed by atoms with E-state index in [2.05, 4.69) is 26.1 Å². The van der Waals surface area contributed by atoms with Crippen LogP contribution in [-0.2, 0) is 28.0 Å². The fraction of sp³-hybridized carbons (Fsp3) is 0.412. The normalized spacial score (nSPS) is 14.4. The zero-order valence-electron chi connectivity index (χ0n) is 24.2. The lowest BCUT2D eigenvalue weighted by Gasteiger charge is -2.32. The Morgan fingerprint density at radius 1 is 0.925 bits per heavy atom. The van der Waals surface area contributed by atoms with Gasteiger partial charge in [0.2, 0.25) is 5.91 Å². The number of hydrogen-bond acceptors (Lipinski definition) is 4. The summed E-state index contributed by atoms with van der Waals surface area (Å²) in [6.45, 7) is 6.45. The van der Waals surface area contributed by atoms with Gasteiger partial charge in [-0.3, -0.25) is 9.59 Å². The summed E-state index contributed by atoms with van der Waals surface area (Å²) in [5.74, 6) is 1.02. The van der Waals surface area contributed by atoms with Gasteiger partial charge >= 0.3 is 0 Å². The molecule has 40 heavy (non-hydrogen) atoms. The summed E-state index contributed by atoms with van der Waals surface area (Å²) in [6.07, 6.45) is 4.58. The van der Waals surface area contributed by atoms with Crippen molar-refractivity contribution in [2.45, 2.75) is 76.9 Å². The Morgan fingerprint density at radius 2 is 1.60 bits per heavy atom. The predicted molar refractivity (Wildman–Crippen MR) is 159 cm³/mol. The number of nitrogens with one attached hydrogen (secondary N) is 1. The SMILES string of the molecule is COc1cccc(CN(C(=O)COc2ccccc2C(C)(C)C)[C@H](Cc2ccccc2)C(=O)NC2CCCC2)c1. The monoisotopic (exact) mass is 542 g/mol. The summed E-state index contributed by atoms with van der Waals surface area (Å²) in [6, 6.07) is 24.8. The number of carbonyl (C=O) groups is 2. The topological polar surface area (TPSA) is 67.9 Å². The van der Waals surface area contributed by atoms with Crippen LogP contribution >= 0.6 is 0 Å². The molecule has 4 rings (SSSR count). The second kappa shape index (κ2) is 13.5. The highest BCUT2D eigenvalue weighted by atomic mass is 16.5. The predicted octanol–water partition coefficient (Wildman–Crippen LogP) is 6.07. The van der Waals surface area contributed by atoms with Gasteiger partial charge in [0.1, 0.15) is 17.5 Å². The number of amides is 2. The largest absolute Gasteiger partial charge is 0.497 e. The zero-order valence-corrected chi connectivity index (χ0v) is 24.2. The van der Waals surface area contributed by atoms with E-state index in [1.807, 2.05) is 78.9 Å². The molecule has 3 aromatic rings. The third-order valence-corrected chi connectivity index (χ3v) is 7.51. The van der Waals surface area contributed by atoms with E-state index < -0.39 is 6.04 Å². The van der Waals surface area contributed by atoms with Gasteiger partial charge in [-0.15, -0.1) is 0 Å². The highest BCUT2D eigenvalue weighted by Crippen LogP contribution is 2.31. The first-order valence-corrected chi connectivity index (χ1v) is 14.2. The lowest BCUT2D eigenvalue weighted by atomic mass is 9.86. The van der Waals surface area contributed by atoms with Crippen molar-refractivity contribution in [1.82, 2.24) is 10.2 Å². The lowest BCUT2D eigenvalue weighted by molar-refractivity contribution is -0.143. The van der Waals surface area contributed by atoms with Gasteiger partial charge in [0, 0.05) is 19.0 Å². The average molecular weight is 543 g/mol. The van der Waals surface area contributed by atoms with Crippen molar-refractivity contribution in [2.75, 3.05) is 13.7 Å². The first-order valence-electron chi connectivity index (χ1n) is 14.2. The molecule has 212 valence electrons. The van der Waals surface area contributed by atoms with Crippen LogP contribution in [-0.4, -0.2) is 42.5 Å². The van der Waals surface area contributed by atoms with Crippen molar-refractivity contribution in [3.05, 3.63) is 95.6 Å². The Bertz CT molecular complexity index is 1260. The first-order chi connectivity index (χ1) is 19.2. The van der Waals surface area contributed by atoms with Gasteiger partial charge in [0.25, 0.3) is 5.91 Å². The van der Waals surface area contributed by atoms with E-state index >= 15 is 0 Å². The van der Waals surface area contributed by atoms with E-state index in [1.165, 1.54) is 0 Å². The summed E-state index contributed by atoms with van der Waals surface area (Å²) in [5.41, 5.74) is 2.77. The number of carbonyl (C=O) groups excluding carboxylic acids is 2. The van der Waals surface area contributed by atoms with Gasteiger partial charge in [-0.25, -0.2) is 0 Å². The summed E-state index contributed by atoms with van der Waals surface area (Å²) < 4.78 is 11.6. The van der Waals surface area contributed by atoms with E-state index in [0.29, 0.717) is 17.9 Å². The molecule has 1 aliphatic rings. The molecule has 2 amide bonds. The first kappa shape index (κ1) is 29.2. The maximum atomic E-state index is 14.0. The number of hydrogen-bond donors (Lipinski definition) is 1. The average Bonchev–Trinajstić information content (AvgIpc) is 3.47. The van der Waals surface area contributed by atoms with Gasteiger partial charge in [0.05, 0.1) is 7.11 Å². The minimum atomic E-state index is -0.692. The maximum Gasteiger partial charge on any atom is 0.261 e. The number of para-hydroxylation sites is 1. The van der Waals surface area contributed by atoms with Crippen LogP contribution in [0.3, 0.4) is 0 Å². The summed E-state index contributed by atoms with van der Waals surface area (Å²) in [7, 11) is 1.62. The van der Waals surface area contributed by atoms with Crippen LogP contribution in [0.2, 0.25) is 0 Å². The smallest absolute Gasteiger partial charge is 0.261 e. The van der Waals surface area contributed by atoms with E-state index in [1.54, 1.807) is 12.0 Å². The number of ether oxygens (including phenoxy) is 2. The van der Waals surface area contributed by atoms with Crippen LogP contribution in [0, 0.1) is 0 Å². The van der Waals surface area contributed by atoms with Crippen molar-refractivity contribution in [3.8, 4) is 11.5 Å². The zero-order chi connectivity index (χ0) is 28.5. The van der Waals surface area contributed by atoms with Crippen molar-refractivity contribution < 1.29 is 19.1 Å². The molecule has 0 bridgehead atoms. The molecule has 1 N–H and O–H groups in total. The highest BCUT2D eigenvalue weighted by molar-refractivity contribution is 5.88. The second-order valence-corrected chi connectivity index (χ2v) is 11.6. The molecule has 1 saturated carbocycles. The number of nitrogens with zero attached hydrogens (tertiary/aromatic N) is 1. The van der Waals surface area contributed by atoms with Crippen molar-refractivity contribution in [3.63, 3.8) is 0 Å². The van der Waals surface area contributed by atoms with Crippen LogP contribution in [0.15, 0.2) is 78.9 Å². The fourth-order valence-electron chi connectivity index (χ4n) is 5.32. The van der Waals surface area contributed by atoms with E-state index in [-0.39, 0.29) is 36.4 Å². The number of benzene rings is 3. The quantitative estimate of drug-likeness (QED) is 0.319. The van der Waals surface area contributed by atoms with E-state index in [4.69, 9.17) is 9.47 Å². The standard InChI is InChI=1S/C34H42N2O4/c1-34(2,3)29-19-10-11-20-31(29)40-24-32(37)36(23-26-15-12-18-28(21-26)39-4)30(22-25-13-6-5-7-14-25)33(38)35-27-16-8-9-17-27/h5-7,10-15,18-21,27,30H,8-9,16-17,22-24H2,1-4H3,(H,35,38)/t30-/m1/s1. The Hall–Kier alpha value is -3.80. The Balaban J connectivity index is 1.65. The molecular weight excluding hydrogens is 500 g/mol. The molecule has 3 aromatic carbocycles. The highest BCUT2D eigenvalue weighted by Gasteiger charge is 2.32. The summed E-state index contributed by atoms with van der Waals surface area (Å²) >= 11 is 0. The van der Waals surface area contributed by atoms with Crippen LogP contribution in [0.25, 0.3) is 0 Å². The molecule has 0 radical (unpaired) electrons. The minimum Gasteiger partial charge on any atom is -0.497 e. The van der Waals surface area contributed by atoms with Gasteiger partial charge in [-0.2, -0.15) is 0 Å². The molecule has 0 spiro atoms. The fourth-order valence-corrected chi connectivity index (χ4v) is 5.32. The van der Waals surface area contributed by atoms with Crippen LogP contribution in [0.4, 0.5) is 0 Å². The minimum absolute atomic E-state index is 0.123. The second-order valence-electron chi connectivity index (χ2n) is 11.6. The van der Waals surface area contributed by atoms with Crippen LogP contribution in [0.5, 0.6) is 11.5 Å². The number of methoxy groups -OCH3 is 1. The molecule has 6 heteroatoms. The van der Waals surface area contributed by atoms with Gasteiger partial charge in [0.15, 0.2) is 6.61 Å². The number of rotatable bonds is 11. The van der Waals surface area contributed by atoms with Crippen molar-refractivity contribution in [1.29, 1.82) is 0 Å². The van der Waals surface area contributed by atoms with Crippen molar-refractivity contribution >= 4 is 11.8 Å². The van der Waals surface area contributed by atoms with Gasteiger partial charge in [-0.1, -0.05) is 94.3 Å². The molecule has 0 unspecified atom stereocenters. The molecule has 0 saturated heterocycles. The molecule has 1 fully saturated rings.